The van der Waals surface area contributed by atoms with Crippen molar-refractivity contribution in [2.45, 2.75) is 13.3 Å². The highest BCUT2D eigenvalue weighted by molar-refractivity contribution is 7.93. The van der Waals surface area contributed by atoms with Crippen molar-refractivity contribution in [1.29, 1.82) is 0 Å². The maximum absolute atomic E-state index is 9.27. The van der Waals surface area contributed by atoms with Crippen LogP contribution in [-0.4, -0.2) is 6.61 Å². The largest absolute Gasteiger partial charge is 0.293 e. The Morgan fingerprint density at radius 1 is 1.86 bits per heavy atom. The van der Waals surface area contributed by atoms with Crippen LogP contribution in [0.2, 0.25) is 0 Å². The summed E-state index contributed by atoms with van der Waals surface area (Å²) >= 11 is 0.602. The van der Waals surface area contributed by atoms with E-state index in [9.17, 15) is 4.91 Å². The normalized spacial score (nSPS) is 8.71. The molecule has 0 aliphatic heterocycles. The first-order valence-electron chi connectivity index (χ1n) is 2.03. The van der Waals surface area contributed by atoms with Crippen LogP contribution in [0.1, 0.15) is 13.3 Å². The Kier molecular flexibility index (Phi) is 5.83. The summed E-state index contributed by atoms with van der Waals surface area (Å²) in [5.74, 6) is 0. The minimum absolute atomic E-state index is 0.594. The maximum atomic E-state index is 9.27. The van der Waals surface area contributed by atoms with Crippen LogP contribution in [0.4, 0.5) is 0 Å². The second kappa shape index (κ2) is 5.91. The first-order valence-corrected chi connectivity index (χ1v) is 2.73. The molecule has 0 bridgehead atoms. The summed E-state index contributed by atoms with van der Waals surface area (Å²) in [4.78, 5) is 9.27. The first kappa shape index (κ1) is 6.91. The van der Waals surface area contributed by atoms with Gasteiger partial charge < -0.3 is 0 Å². The van der Waals surface area contributed by atoms with E-state index in [1.54, 1.807) is 0 Å². The highest BCUT2D eigenvalue weighted by atomic mass is 32.2. The maximum Gasteiger partial charge on any atom is 0.181 e. The molecule has 3 nitrogen and oxygen atoms in total. The predicted octanol–water partition coefficient (Wildman–Crippen LogP) is 1.74. The van der Waals surface area contributed by atoms with Gasteiger partial charge in [-0.15, -0.1) is 4.91 Å². The molecule has 0 N–H and O–H groups in total. The lowest BCUT2D eigenvalue weighted by Gasteiger charge is -1.86. The molecule has 0 rings (SSSR count). The average Bonchev–Trinajstić information content (AvgIpc) is 1.69. The molecule has 0 aromatic rings. The summed E-state index contributed by atoms with van der Waals surface area (Å²) in [5, 5.41) is 0. The summed E-state index contributed by atoms with van der Waals surface area (Å²) in [6, 6.07) is 0. The Morgan fingerprint density at radius 2 is 2.57 bits per heavy atom. The zero-order valence-corrected chi connectivity index (χ0v) is 4.90. The molecule has 0 aromatic heterocycles. The zero-order valence-electron chi connectivity index (χ0n) is 4.09. The molecule has 0 radical (unpaired) electrons. The van der Waals surface area contributed by atoms with Gasteiger partial charge in [-0.3, -0.25) is 4.18 Å². The molecule has 0 saturated heterocycles. The molecule has 0 unspecified atom stereocenters. The van der Waals surface area contributed by atoms with Gasteiger partial charge in [0.2, 0.25) is 0 Å². The van der Waals surface area contributed by atoms with Crippen LogP contribution in [0.5, 0.6) is 0 Å². The van der Waals surface area contributed by atoms with Gasteiger partial charge in [0.15, 0.2) is 12.2 Å². The molecule has 0 spiro atoms. The highest BCUT2D eigenvalue weighted by Crippen LogP contribution is 2.01. The van der Waals surface area contributed by atoms with Gasteiger partial charge in [-0.2, -0.15) is 0 Å². The minimum atomic E-state index is 0.594. The Balaban J connectivity index is 2.56. The molecule has 0 saturated carbocycles. The van der Waals surface area contributed by atoms with E-state index in [1.165, 1.54) is 0 Å². The minimum Gasteiger partial charge on any atom is -0.293 e. The van der Waals surface area contributed by atoms with E-state index in [2.05, 4.69) is 8.77 Å². The monoisotopic (exact) mass is 121 g/mol. The number of hydrogen-bond donors (Lipinski definition) is 0. The lowest BCUT2D eigenvalue weighted by atomic mass is 10.5. The Morgan fingerprint density at radius 3 is 3.00 bits per heavy atom. The Bertz CT molecular complexity index is 50.2. The summed E-state index contributed by atoms with van der Waals surface area (Å²) in [7, 11) is 0. The third-order valence-electron chi connectivity index (χ3n) is 0.371. The third kappa shape index (κ3) is 5.91. The second-order valence-electron chi connectivity index (χ2n) is 0.971. The van der Waals surface area contributed by atoms with Gasteiger partial charge in [-0.05, 0) is 6.42 Å². The Hall–Kier alpha value is -0.0900. The van der Waals surface area contributed by atoms with Gasteiger partial charge in [0.1, 0.15) is 0 Å². The van der Waals surface area contributed by atoms with Crippen LogP contribution >= 0.6 is 12.2 Å². The third-order valence-corrected chi connectivity index (χ3v) is 0.704. The zero-order chi connectivity index (χ0) is 5.54. The first-order chi connectivity index (χ1) is 3.41. The standard InChI is InChI=1S/C3H7NO2S/c1-2-3-6-7-4-5/h2-3H2,1H3. The lowest BCUT2D eigenvalue weighted by Crippen LogP contribution is -1.78. The van der Waals surface area contributed by atoms with Gasteiger partial charge in [-0.1, -0.05) is 6.92 Å². The summed E-state index contributed by atoms with van der Waals surface area (Å²) in [6.45, 7) is 2.56. The fourth-order valence-electron chi connectivity index (χ4n) is 0.142. The van der Waals surface area contributed by atoms with E-state index in [0.717, 1.165) is 6.42 Å². The molecule has 0 amide bonds. The van der Waals surface area contributed by atoms with E-state index in [1.807, 2.05) is 6.92 Å². The van der Waals surface area contributed by atoms with E-state index >= 15 is 0 Å². The molecule has 0 heterocycles. The van der Waals surface area contributed by atoms with Crippen molar-refractivity contribution < 1.29 is 4.18 Å². The molecule has 42 valence electrons. The summed E-state index contributed by atoms with van der Waals surface area (Å²) in [6.07, 6.45) is 0.919. The average molecular weight is 121 g/mol. The van der Waals surface area contributed by atoms with E-state index in [-0.39, 0.29) is 0 Å². The second-order valence-corrected chi connectivity index (χ2v) is 1.50. The SMILES string of the molecule is CCCOSN=O. The molecule has 0 atom stereocenters. The Labute approximate surface area is 46.7 Å². The molecule has 0 aliphatic rings. The van der Waals surface area contributed by atoms with Crippen LogP contribution < -0.4 is 0 Å². The van der Waals surface area contributed by atoms with Gasteiger partial charge in [0.25, 0.3) is 0 Å². The van der Waals surface area contributed by atoms with Crippen molar-refractivity contribution in [3.05, 3.63) is 4.91 Å². The number of nitroso groups, excluding NO2 is 1. The number of rotatable bonds is 4. The van der Waals surface area contributed by atoms with Gasteiger partial charge in [0.05, 0.1) is 6.61 Å². The summed E-state index contributed by atoms with van der Waals surface area (Å²) < 4.78 is 6.99. The van der Waals surface area contributed by atoms with Gasteiger partial charge in [0, 0.05) is 4.58 Å². The van der Waals surface area contributed by atoms with Crippen LogP contribution in [0.15, 0.2) is 4.58 Å². The van der Waals surface area contributed by atoms with E-state index in [4.69, 9.17) is 0 Å². The predicted molar refractivity (Wildman–Crippen MR) is 29.6 cm³/mol. The van der Waals surface area contributed by atoms with E-state index < -0.39 is 0 Å². The van der Waals surface area contributed by atoms with E-state index in [0.29, 0.717) is 18.8 Å². The van der Waals surface area contributed by atoms with Crippen molar-refractivity contribution >= 4 is 12.2 Å². The van der Waals surface area contributed by atoms with Crippen LogP contribution in [0.3, 0.4) is 0 Å². The quantitative estimate of drug-likeness (QED) is 0.246. The number of hydrogen-bond acceptors (Lipinski definition) is 4. The van der Waals surface area contributed by atoms with Gasteiger partial charge in [-0.25, -0.2) is 0 Å². The van der Waals surface area contributed by atoms with Crippen molar-refractivity contribution in [3.8, 4) is 0 Å². The highest BCUT2D eigenvalue weighted by Gasteiger charge is 1.80. The molecule has 0 aliphatic carbocycles. The van der Waals surface area contributed by atoms with Crippen LogP contribution in [0.25, 0.3) is 0 Å². The lowest BCUT2D eigenvalue weighted by molar-refractivity contribution is 0.373. The topological polar surface area (TPSA) is 38.7 Å². The van der Waals surface area contributed by atoms with Crippen molar-refractivity contribution in [2.24, 2.45) is 4.58 Å². The fraction of sp³-hybridized carbons (Fsp3) is 1.00. The molecular formula is C3H7NO2S. The molecule has 0 fully saturated rings. The van der Waals surface area contributed by atoms with Crippen LogP contribution in [0, 0.1) is 4.91 Å². The molecular weight excluding hydrogens is 114 g/mol. The van der Waals surface area contributed by atoms with Crippen molar-refractivity contribution in [3.63, 3.8) is 0 Å². The van der Waals surface area contributed by atoms with Crippen molar-refractivity contribution in [2.75, 3.05) is 6.61 Å². The fourth-order valence-corrected chi connectivity index (χ4v) is 0.426. The molecule has 0 aromatic carbocycles. The summed E-state index contributed by atoms with van der Waals surface area (Å²) in [5.41, 5.74) is 0. The number of nitrogens with zero attached hydrogens (tertiary/aromatic N) is 1. The van der Waals surface area contributed by atoms with Crippen LogP contribution in [-0.2, 0) is 4.18 Å². The molecule has 7 heavy (non-hydrogen) atoms. The molecule has 4 heteroatoms. The van der Waals surface area contributed by atoms with Gasteiger partial charge >= 0.3 is 0 Å². The smallest absolute Gasteiger partial charge is 0.181 e. The van der Waals surface area contributed by atoms with Crippen molar-refractivity contribution in [1.82, 2.24) is 0 Å².